The van der Waals surface area contributed by atoms with Crippen LogP contribution in [0.15, 0.2) is 30.3 Å². The average molecular weight is 291 g/mol. The van der Waals surface area contributed by atoms with Crippen molar-refractivity contribution < 1.29 is 5.11 Å². The number of aliphatic hydroxyl groups excluding tert-OH is 1. The van der Waals surface area contributed by atoms with E-state index in [1.165, 1.54) is 19.4 Å². The molecule has 1 aromatic rings. The molecule has 0 radical (unpaired) electrons. The minimum Gasteiger partial charge on any atom is -0.394 e. The first-order valence-electron chi connectivity index (χ1n) is 7.86. The number of benzene rings is 1. The van der Waals surface area contributed by atoms with E-state index < -0.39 is 5.54 Å². The summed E-state index contributed by atoms with van der Waals surface area (Å²) in [6, 6.07) is 9.96. The van der Waals surface area contributed by atoms with Gasteiger partial charge >= 0.3 is 0 Å². The zero-order chi connectivity index (χ0) is 15.3. The lowest BCUT2D eigenvalue weighted by Crippen LogP contribution is -2.52. The molecule has 1 fully saturated rings. The first kappa shape index (κ1) is 16.4. The highest BCUT2D eigenvalue weighted by atomic mass is 16.3. The van der Waals surface area contributed by atoms with Gasteiger partial charge < -0.3 is 20.6 Å². The van der Waals surface area contributed by atoms with Crippen molar-refractivity contribution in [3.05, 3.63) is 35.9 Å². The van der Waals surface area contributed by atoms with E-state index in [0.717, 1.165) is 31.1 Å². The summed E-state index contributed by atoms with van der Waals surface area (Å²) in [5.41, 5.74) is 6.82. The van der Waals surface area contributed by atoms with Crippen LogP contribution < -0.4 is 5.73 Å². The summed E-state index contributed by atoms with van der Waals surface area (Å²) in [5, 5.41) is 9.78. The molecule has 0 amide bonds. The molecule has 21 heavy (non-hydrogen) atoms. The second-order valence-corrected chi connectivity index (χ2v) is 6.66. The molecule has 4 heteroatoms. The van der Waals surface area contributed by atoms with Crippen molar-refractivity contribution in [3.63, 3.8) is 0 Å². The third-order valence-electron chi connectivity index (χ3n) is 4.47. The van der Waals surface area contributed by atoms with Gasteiger partial charge in [0.05, 0.1) is 12.1 Å². The number of nitrogens with zero attached hydrogens (tertiary/aromatic N) is 2. The highest BCUT2D eigenvalue weighted by Crippen LogP contribution is 2.23. The monoisotopic (exact) mass is 291 g/mol. The Labute approximate surface area is 128 Å². The van der Waals surface area contributed by atoms with Gasteiger partial charge in [-0.25, -0.2) is 0 Å². The maximum Gasteiger partial charge on any atom is 0.0772 e. The Morgan fingerprint density at radius 1 is 1.24 bits per heavy atom. The van der Waals surface area contributed by atoms with Gasteiger partial charge in [-0.05, 0) is 51.5 Å². The van der Waals surface area contributed by atoms with Crippen LogP contribution >= 0.6 is 0 Å². The van der Waals surface area contributed by atoms with Crippen molar-refractivity contribution in [1.82, 2.24) is 9.80 Å². The molecule has 1 heterocycles. The van der Waals surface area contributed by atoms with Crippen LogP contribution in [0.1, 0.15) is 18.4 Å². The van der Waals surface area contributed by atoms with E-state index >= 15 is 0 Å². The van der Waals surface area contributed by atoms with E-state index in [9.17, 15) is 5.11 Å². The van der Waals surface area contributed by atoms with E-state index in [0.29, 0.717) is 0 Å². The van der Waals surface area contributed by atoms with Gasteiger partial charge in [0, 0.05) is 13.1 Å². The Bertz CT molecular complexity index is 415. The predicted octanol–water partition coefficient (Wildman–Crippen LogP) is 1.11. The zero-order valence-corrected chi connectivity index (χ0v) is 13.3. The van der Waals surface area contributed by atoms with Crippen molar-refractivity contribution in [2.75, 3.05) is 46.9 Å². The maximum absolute atomic E-state index is 9.78. The predicted molar refractivity (Wildman–Crippen MR) is 87.1 cm³/mol. The molecule has 4 nitrogen and oxygen atoms in total. The minimum atomic E-state index is -0.657. The van der Waals surface area contributed by atoms with Gasteiger partial charge in [0.25, 0.3) is 0 Å². The summed E-state index contributed by atoms with van der Waals surface area (Å²) in [6.07, 6.45) is 2.43. The molecule has 0 bridgehead atoms. The summed E-state index contributed by atoms with van der Waals surface area (Å²) < 4.78 is 0. The van der Waals surface area contributed by atoms with Gasteiger partial charge in [-0.15, -0.1) is 0 Å². The number of nitrogens with two attached hydrogens (primary N) is 1. The number of aliphatic hydroxyl groups is 1. The van der Waals surface area contributed by atoms with Gasteiger partial charge in [0.1, 0.15) is 0 Å². The number of likely N-dealkylation sites (tertiary alicyclic amines) is 1. The maximum atomic E-state index is 9.78. The molecule has 2 rings (SSSR count). The van der Waals surface area contributed by atoms with Crippen molar-refractivity contribution in [2.45, 2.75) is 18.4 Å². The lowest BCUT2D eigenvalue weighted by molar-refractivity contribution is 0.102. The van der Waals surface area contributed by atoms with Crippen LogP contribution in [-0.4, -0.2) is 61.8 Å². The van der Waals surface area contributed by atoms with Crippen molar-refractivity contribution >= 4 is 0 Å². The Hall–Kier alpha value is -0.940. The smallest absolute Gasteiger partial charge is 0.0772 e. The molecule has 118 valence electrons. The van der Waals surface area contributed by atoms with Crippen LogP contribution in [0.3, 0.4) is 0 Å². The van der Waals surface area contributed by atoms with Gasteiger partial charge in [0.2, 0.25) is 0 Å². The lowest BCUT2D eigenvalue weighted by Gasteiger charge is -2.39. The summed E-state index contributed by atoms with van der Waals surface area (Å²) in [7, 11) is 4.27. The fourth-order valence-corrected chi connectivity index (χ4v) is 3.25. The van der Waals surface area contributed by atoms with Crippen LogP contribution in [0.5, 0.6) is 0 Å². The quantitative estimate of drug-likeness (QED) is 0.824. The topological polar surface area (TPSA) is 52.7 Å². The number of piperidine rings is 1. The normalized spacial score (nSPS) is 20.6. The Morgan fingerprint density at radius 2 is 1.86 bits per heavy atom. The molecular weight excluding hydrogens is 262 g/mol. The molecule has 3 N–H and O–H groups in total. The van der Waals surface area contributed by atoms with Crippen molar-refractivity contribution in [2.24, 2.45) is 11.7 Å². The van der Waals surface area contributed by atoms with Gasteiger partial charge in [-0.2, -0.15) is 0 Å². The minimum absolute atomic E-state index is 0.0192. The highest BCUT2D eigenvalue weighted by Gasteiger charge is 2.31. The summed E-state index contributed by atoms with van der Waals surface area (Å²) >= 11 is 0. The highest BCUT2D eigenvalue weighted by molar-refractivity contribution is 5.24. The van der Waals surface area contributed by atoms with Gasteiger partial charge in [-0.1, -0.05) is 30.3 Å². The zero-order valence-electron chi connectivity index (χ0n) is 13.3. The summed E-state index contributed by atoms with van der Waals surface area (Å²) in [6.45, 7) is 4.02. The van der Waals surface area contributed by atoms with Gasteiger partial charge in [0.15, 0.2) is 0 Å². The average Bonchev–Trinajstić information content (AvgIpc) is 2.49. The molecule has 1 aromatic carbocycles. The van der Waals surface area contributed by atoms with E-state index in [2.05, 4.69) is 23.9 Å². The molecule has 1 aliphatic rings. The molecule has 0 spiro atoms. The van der Waals surface area contributed by atoms with Crippen LogP contribution in [0, 0.1) is 5.92 Å². The fraction of sp³-hybridized carbons (Fsp3) is 0.647. The van der Waals surface area contributed by atoms with Crippen LogP contribution in [-0.2, 0) is 5.54 Å². The lowest BCUT2D eigenvalue weighted by atomic mass is 9.89. The first-order chi connectivity index (χ1) is 10.0. The molecule has 0 saturated carbocycles. The summed E-state index contributed by atoms with van der Waals surface area (Å²) in [5.74, 6) is 0.786. The SMILES string of the molecule is CN(C)CC1CCN(CC(N)(CO)c2ccccc2)CC1. The Balaban J connectivity index is 1.92. The number of hydrogen-bond acceptors (Lipinski definition) is 4. The van der Waals surface area contributed by atoms with E-state index in [-0.39, 0.29) is 6.61 Å². The van der Waals surface area contributed by atoms with E-state index in [1.54, 1.807) is 0 Å². The Morgan fingerprint density at radius 3 is 2.38 bits per heavy atom. The molecule has 1 atom stereocenters. The van der Waals surface area contributed by atoms with E-state index in [4.69, 9.17) is 5.73 Å². The summed E-state index contributed by atoms with van der Waals surface area (Å²) in [4.78, 5) is 4.67. The van der Waals surface area contributed by atoms with Crippen LogP contribution in [0.2, 0.25) is 0 Å². The Kier molecular flexibility index (Phi) is 5.76. The molecule has 0 aliphatic carbocycles. The second-order valence-electron chi connectivity index (χ2n) is 6.66. The van der Waals surface area contributed by atoms with Crippen molar-refractivity contribution in [3.8, 4) is 0 Å². The number of rotatable bonds is 6. The fourth-order valence-electron chi connectivity index (χ4n) is 3.25. The van der Waals surface area contributed by atoms with Crippen LogP contribution in [0.4, 0.5) is 0 Å². The molecule has 1 saturated heterocycles. The van der Waals surface area contributed by atoms with E-state index in [1.807, 2.05) is 30.3 Å². The molecular formula is C17H29N3O. The molecule has 0 aromatic heterocycles. The third-order valence-corrected chi connectivity index (χ3v) is 4.47. The van der Waals surface area contributed by atoms with Crippen LogP contribution in [0.25, 0.3) is 0 Å². The van der Waals surface area contributed by atoms with Crippen molar-refractivity contribution in [1.29, 1.82) is 0 Å². The van der Waals surface area contributed by atoms with Gasteiger partial charge in [-0.3, -0.25) is 0 Å². The largest absolute Gasteiger partial charge is 0.394 e. The standard InChI is InChI=1S/C17H29N3O/c1-19(2)12-15-8-10-20(11-9-15)13-17(18,14-21)16-6-4-3-5-7-16/h3-7,15,21H,8-14,18H2,1-2H3. The second kappa shape index (κ2) is 7.36. The molecule has 1 aliphatic heterocycles. The third kappa shape index (κ3) is 4.51. The number of hydrogen-bond donors (Lipinski definition) is 2. The first-order valence-corrected chi connectivity index (χ1v) is 7.86. The molecule has 1 unspecified atom stereocenters.